The molecule has 0 bridgehead atoms. The van der Waals surface area contributed by atoms with E-state index in [4.69, 9.17) is 25.5 Å². The van der Waals surface area contributed by atoms with Gasteiger partial charge in [0.2, 0.25) is 0 Å². The van der Waals surface area contributed by atoms with Crippen LogP contribution in [-0.4, -0.2) is 61.1 Å². The summed E-state index contributed by atoms with van der Waals surface area (Å²) < 4.78 is 16.4. The van der Waals surface area contributed by atoms with Gasteiger partial charge in [0.1, 0.15) is 5.82 Å². The first-order valence-electron chi connectivity index (χ1n) is 10.9. The highest BCUT2D eigenvalue weighted by Crippen LogP contribution is 2.28. The van der Waals surface area contributed by atoms with Gasteiger partial charge in [-0.15, -0.1) is 0 Å². The van der Waals surface area contributed by atoms with Crippen LogP contribution < -0.4 is 5.73 Å². The van der Waals surface area contributed by atoms with Crippen molar-refractivity contribution in [3.63, 3.8) is 0 Å². The van der Waals surface area contributed by atoms with E-state index in [-0.39, 0.29) is 24.9 Å². The fourth-order valence-corrected chi connectivity index (χ4v) is 3.97. The summed E-state index contributed by atoms with van der Waals surface area (Å²) >= 11 is 0. The van der Waals surface area contributed by atoms with Crippen LogP contribution in [-0.2, 0) is 16.1 Å². The lowest BCUT2D eigenvalue weighted by Crippen LogP contribution is -2.44. The second-order valence-electron chi connectivity index (χ2n) is 7.64. The van der Waals surface area contributed by atoms with Gasteiger partial charge in [0, 0.05) is 60.7 Å². The number of carboxylic acid groups (broad SMARTS) is 2. The molecular formula is C24H28FN5O5. The van der Waals surface area contributed by atoms with Crippen molar-refractivity contribution in [1.29, 1.82) is 0 Å². The van der Waals surface area contributed by atoms with E-state index in [2.05, 4.69) is 9.97 Å². The van der Waals surface area contributed by atoms with Crippen LogP contribution in [0.3, 0.4) is 0 Å². The number of aryl methyl sites for hydroxylation is 1. The molecule has 0 radical (unpaired) electrons. The van der Waals surface area contributed by atoms with Gasteiger partial charge in [-0.1, -0.05) is 0 Å². The Bertz CT molecular complexity index is 1090. The Morgan fingerprint density at radius 1 is 1.14 bits per heavy atom. The van der Waals surface area contributed by atoms with Gasteiger partial charge >= 0.3 is 0 Å². The molecule has 11 heteroatoms. The predicted octanol–water partition coefficient (Wildman–Crippen LogP) is 3.15. The SMILES string of the molecule is Nc1ccncc1-c1cc(F)cc(C(=O)N2CCCCC2CCn2ccnc2)c1.O=CO.O=CO. The number of nitrogens with two attached hydrogens (primary N) is 1. The smallest absolute Gasteiger partial charge is 0.290 e. The molecule has 1 unspecified atom stereocenters. The maximum Gasteiger partial charge on any atom is 0.290 e. The molecule has 10 nitrogen and oxygen atoms in total. The summed E-state index contributed by atoms with van der Waals surface area (Å²) in [6.45, 7) is 0.989. The summed E-state index contributed by atoms with van der Waals surface area (Å²) in [6, 6.07) is 6.20. The number of piperidine rings is 1. The molecule has 1 saturated heterocycles. The molecule has 35 heavy (non-hydrogen) atoms. The predicted molar refractivity (Wildman–Crippen MR) is 127 cm³/mol. The topological polar surface area (TPSA) is 152 Å². The molecular weight excluding hydrogens is 457 g/mol. The zero-order valence-electron chi connectivity index (χ0n) is 19.0. The number of anilines is 1. The van der Waals surface area contributed by atoms with Crippen LogP contribution in [0.2, 0.25) is 0 Å². The van der Waals surface area contributed by atoms with Gasteiger partial charge in [-0.3, -0.25) is 19.4 Å². The van der Waals surface area contributed by atoms with Gasteiger partial charge in [-0.2, -0.15) is 0 Å². The highest BCUT2D eigenvalue weighted by atomic mass is 19.1. The quantitative estimate of drug-likeness (QED) is 0.466. The molecule has 3 aromatic rings. The number of imidazole rings is 1. The van der Waals surface area contributed by atoms with Crippen molar-refractivity contribution in [3.8, 4) is 11.1 Å². The Labute approximate surface area is 201 Å². The molecule has 0 spiro atoms. The number of likely N-dealkylation sites (tertiary alicyclic amines) is 1. The Kier molecular flexibility index (Phi) is 10.9. The Balaban J connectivity index is 0.000000655. The van der Waals surface area contributed by atoms with Gasteiger partial charge in [0.25, 0.3) is 18.9 Å². The molecule has 4 N–H and O–H groups in total. The standard InChI is InChI=1S/C22H24FN5O.2CH2O2/c23-18-12-16(20-14-25-6-4-21(20)24)11-17(13-18)22(29)28-8-2-1-3-19(28)5-9-27-10-7-26-15-27;2*2-1-3/h4,6-7,10-15,19H,1-3,5,8-9H2,(H2,24,25);2*1H,(H,2,3). The fraction of sp³-hybridized carbons (Fsp3) is 0.292. The molecule has 1 fully saturated rings. The Morgan fingerprint density at radius 2 is 1.89 bits per heavy atom. The van der Waals surface area contributed by atoms with E-state index < -0.39 is 5.82 Å². The summed E-state index contributed by atoms with van der Waals surface area (Å²) in [6.07, 6.45) is 12.5. The molecule has 1 amide bonds. The third-order valence-corrected chi connectivity index (χ3v) is 5.48. The molecule has 186 valence electrons. The zero-order chi connectivity index (χ0) is 25.6. The summed E-state index contributed by atoms with van der Waals surface area (Å²) in [5.74, 6) is -0.593. The Morgan fingerprint density at radius 3 is 2.54 bits per heavy atom. The average Bonchev–Trinajstić information content (AvgIpc) is 3.37. The molecule has 1 aliphatic rings. The van der Waals surface area contributed by atoms with Gasteiger partial charge in [0.05, 0.1) is 6.33 Å². The molecule has 0 saturated carbocycles. The second-order valence-corrected chi connectivity index (χ2v) is 7.64. The van der Waals surface area contributed by atoms with E-state index in [0.717, 1.165) is 32.2 Å². The zero-order valence-corrected chi connectivity index (χ0v) is 19.0. The van der Waals surface area contributed by atoms with Crippen molar-refractivity contribution in [2.24, 2.45) is 0 Å². The van der Waals surface area contributed by atoms with Crippen molar-refractivity contribution in [2.75, 3.05) is 12.3 Å². The van der Waals surface area contributed by atoms with E-state index in [1.165, 1.54) is 12.1 Å². The van der Waals surface area contributed by atoms with Gasteiger partial charge < -0.3 is 25.4 Å². The van der Waals surface area contributed by atoms with Crippen LogP contribution in [0.25, 0.3) is 11.1 Å². The number of rotatable bonds is 5. The van der Waals surface area contributed by atoms with Crippen molar-refractivity contribution >= 4 is 24.5 Å². The van der Waals surface area contributed by atoms with Crippen LogP contribution in [0.15, 0.2) is 55.4 Å². The number of carbonyl (C=O) groups is 3. The minimum atomic E-state index is -0.457. The monoisotopic (exact) mass is 485 g/mol. The minimum Gasteiger partial charge on any atom is -0.483 e. The lowest BCUT2D eigenvalue weighted by molar-refractivity contribution is -0.123. The van der Waals surface area contributed by atoms with Crippen LogP contribution in [0.5, 0.6) is 0 Å². The normalized spacial score (nSPS) is 14.5. The van der Waals surface area contributed by atoms with Gasteiger partial charge in [-0.05, 0) is 55.5 Å². The number of nitrogen functional groups attached to an aromatic ring is 1. The molecule has 1 atom stereocenters. The first kappa shape index (κ1) is 27.0. The lowest BCUT2D eigenvalue weighted by Gasteiger charge is -2.36. The molecule has 1 aliphatic heterocycles. The molecule has 2 aromatic heterocycles. The van der Waals surface area contributed by atoms with Crippen LogP contribution in [0, 0.1) is 5.82 Å². The lowest BCUT2D eigenvalue weighted by atomic mass is 9.97. The highest BCUT2D eigenvalue weighted by molar-refractivity contribution is 5.96. The third kappa shape index (κ3) is 7.91. The Hall–Kier alpha value is -4.28. The number of hydrogen-bond donors (Lipinski definition) is 3. The maximum atomic E-state index is 14.4. The summed E-state index contributed by atoms with van der Waals surface area (Å²) in [5.41, 5.74) is 8.04. The molecule has 3 heterocycles. The first-order chi connectivity index (χ1) is 16.9. The van der Waals surface area contributed by atoms with Crippen molar-refractivity contribution < 1.29 is 29.0 Å². The largest absolute Gasteiger partial charge is 0.483 e. The molecule has 1 aromatic carbocycles. The number of nitrogens with zero attached hydrogens (tertiary/aromatic N) is 4. The van der Waals surface area contributed by atoms with E-state index in [0.29, 0.717) is 28.9 Å². The van der Waals surface area contributed by atoms with Crippen molar-refractivity contribution in [1.82, 2.24) is 19.4 Å². The summed E-state index contributed by atoms with van der Waals surface area (Å²) in [4.78, 5) is 40.0. The second kappa shape index (κ2) is 14.1. The van der Waals surface area contributed by atoms with E-state index in [9.17, 15) is 9.18 Å². The van der Waals surface area contributed by atoms with E-state index in [1.807, 2.05) is 15.7 Å². The summed E-state index contributed by atoms with van der Waals surface area (Å²) in [7, 11) is 0. The van der Waals surface area contributed by atoms with Gasteiger partial charge in [-0.25, -0.2) is 9.37 Å². The van der Waals surface area contributed by atoms with Crippen molar-refractivity contribution in [2.45, 2.75) is 38.3 Å². The fourth-order valence-electron chi connectivity index (χ4n) is 3.97. The number of aromatic nitrogens is 3. The van der Waals surface area contributed by atoms with E-state index in [1.54, 1.807) is 37.1 Å². The number of benzene rings is 1. The number of hydrogen-bond acceptors (Lipinski definition) is 6. The van der Waals surface area contributed by atoms with Gasteiger partial charge in [0.15, 0.2) is 0 Å². The first-order valence-corrected chi connectivity index (χ1v) is 10.9. The summed E-state index contributed by atoms with van der Waals surface area (Å²) in [5, 5.41) is 13.8. The van der Waals surface area contributed by atoms with Crippen molar-refractivity contribution in [3.05, 3.63) is 66.8 Å². The molecule has 0 aliphatic carbocycles. The number of amides is 1. The minimum absolute atomic E-state index is 0.133. The maximum absolute atomic E-state index is 14.4. The van der Waals surface area contributed by atoms with Crippen LogP contribution in [0.4, 0.5) is 10.1 Å². The average molecular weight is 486 g/mol. The highest BCUT2D eigenvalue weighted by Gasteiger charge is 2.28. The number of pyridine rings is 1. The number of halogens is 1. The molecule has 4 rings (SSSR count). The van der Waals surface area contributed by atoms with E-state index >= 15 is 0 Å². The number of carbonyl (C=O) groups excluding carboxylic acids is 1. The third-order valence-electron chi connectivity index (χ3n) is 5.48. The van der Waals surface area contributed by atoms with Crippen LogP contribution >= 0.6 is 0 Å². The van der Waals surface area contributed by atoms with Crippen LogP contribution in [0.1, 0.15) is 36.0 Å².